The Morgan fingerprint density at radius 1 is 0.611 bits per heavy atom. The lowest BCUT2D eigenvalue weighted by Gasteiger charge is -2.25. The van der Waals surface area contributed by atoms with Crippen LogP contribution in [0.2, 0.25) is 0 Å². The lowest BCUT2D eigenvalue weighted by atomic mass is 10.2. The molecule has 5 aromatic rings. The van der Waals surface area contributed by atoms with Crippen LogP contribution in [0.3, 0.4) is 0 Å². The summed E-state index contributed by atoms with van der Waals surface area (Å²) in [6.45, 7) is 0.786. The average molecular weight is 475 g/mol. The van der Waals surface area contributed by atoms with E-state index in [2.05, 4.69) is 0 Å². The number of carbonyl (C=O) groups excluding carboxylic acids is 1. The molecule has 0 atom stereocenters. The molecule has 0 radical (unpaired) electrons. The summed E-state index contributed by atoms with van der Waals surface area (Å²) in [4.78, 5) is 13.6. The molecule has 0 aliphatic carbocycles. The average Bonchev–Trinajstić information content (AvgIpc) is 3.47. The predicted octanol–water partition coefficient (Wildman–Crippen LogP) is 6.76. The molecular formula is C31H26N2O3. The van der Waals surface area contributed by atoms with E-state index in [0.29, 0.717) is 36.0 Å². The Morgan fingerprint density at radius 3 is 1.72 bits per heavy atom. The van der Waals surface area contributed by atoms with Gasteiger partial charge in [-0.1, -0.05) is 78.9 Å². The van der Waals surface area contributed by atoms with Gasteiger partial charge in [0.1, 0.15) is 13.2 Å². The lowest BCUT2D eigenvalue weighted by Crippen LogP contribution is -2.35. The summed E-state index contributed by atoms with van der Waals surface area (Å²) < 4.78 is 14.1. The first kappa shape index (κ1) is 23.0. The summed E-state index contributed by atoms with van der Waals surface area (Å²) in [5.41, 5.74) is 3.35. The van der Waals surface area contributed by atoms with Gasteiger partial charge in [-0.2, -0.15) is 0 Å². The second kappa shape index (κ2) is 11.1. The van der Waals surface area contributed by atoms with Crippen LogP contribution in [0.4, 0.5) is 5.69 Å². The molecule has 5 rings (SSSR count). The second-order valence-corrected chi connectivity index (χ2v) is 8.23. The van der Waals surface area contributed by atoms with Crippen LogP contribution in [0, 0.1) is 0 Å². The van der Waals surface area contributed by atoms with Crippen molar-refractivity contribution in [1.29, 1.82) is 0 Å². The minimum Gasteiger partial charge on any atom is -0.485 e. The molecule has 1 amide bonds. The Morgan fingerprint density at radius 2 is 1.14 bits per heavy atom. The van der Waals surface area contributed by atoms with Gasteiger partial charge in [-0.25, -0.2) is 5.01 Å². The van der Waals surface area contributed by atoms with E-state index in [1.165, 1.54) is 0 Å². The normalized spacial score (nSPS) is 10.6. The number of nitrogens with zero attached hydrogens (tertiary/aromatic N) is 2. The van der Waals surface area contributed by atoms with Gasteiger partial charge in [0.15, 0.2) is 11.5 Å². The molecule has 1 heterocycles. The van der Waals surface area contributed by atoms with E-state index in [0.717, 1.165) is 11.1 Å². The van der Waals surface area contributed by atoms with Crippen molar-refractivity contribution < 1.29 is 14.3 Å². The first-order valence-electron chi connectivity index (χ1n) is 11.8. The summed E-state index contributed by atoms with van der Waals surface area (Å²) in [5.74, 6) is 1.02. The van der Waals surface area contributed by atoms with Gasteiger partial charge in [0, 0.05) is 24.0 Å². The topological polar surface area (TPSA) is 43.7 Å². The van der Waals surface area contributed by atoms with Crippen molar-refractivity contribution in [3.05, 3.63) is 150 Å². The molecule has 0 unspecified atom stereocenters. The summed E-state index contributed by atoms with van der Waals surface area (Å²) in [7, 11) is 0. The zero-order valence-electron chi connectivity index (χ0n) is 19.7. The number of benzene rings is 4. The molecule has 0 spiro atoms. The van der Waals surface area contributed by atoms with Crippen LogP contribution >= 0.6 is 0 Å². The third-order valence-electron chi connectivity index (χ3n) is 5.68. The molecule has 4 aromatic carbocycles. The Balaban J connectivity index is 1.49. The SMILES string of the molecule is O=C(c1ccccc1)N(c1ccc(OCc2ccccc2)c(OCc2ccccc2)c1)n1cccc1. The Labute approximate surface area is 210 Å². The molecule has 0 aliphatic rings. The second-order valence-electron chi connectivity index (χ2n) is 8.23. The van der Waals surface area contributed by atoms with Crippen molar-refractivity contribution in [2.45, 2.75) is 13.2 Å². The fraction of sp³-hybridized carbons (Fsp3) is 0.0645. The number of hydrogen-bond acceptors (Lipinski definition) is 3. The highest BCUT2D eigenvalue weighted by molar-refractivity contribution is 6.05. The minimum absolute atomic E-state index is 0.154. The monoisotopic (exact) mass is 474 g/mol. The van der Waals surface area contributed by atoms with Crippen LogP contribution in [-0.4, -0.2) is 10.6 Å². The zero-order valence-corrected chi connectivity index (χ0v) is 19.7. The van der Waals surface area contributed by atoms with Crippen molar-refractivity contribution in [1.82, 2.24) is 4.68 Å². The fourth-order valence-corrected chi connectivity index (χ4v) is 3.85. The van der Waals surface area contributed by atoms with Gasteiger partial charge < -0.3 is 9.47 Å². The number of hydrogen-bond donors (Lipinski definition) is 0. The van der Waals surface area contributed by atoms with Gasteiger partial charge >= 0.3 is 0 Å². The van der Waals surface area contributed by atoms with Gasteiger partial charge in [0.05, 0.1) is 5.69 Å². The van der Waals surface area contributed by atoms with E-state index < -0.39 is 0 Å². The smallest absolute Gasteiger partial charge is 0.277 e. The Kier molecular flexibility index (Phi) is 7.09. The van der Waals surface area contributed by atoms with Crippen molar-refractivity contribution in [3.8, 4) is 11.5 Å². The summed E-state index contributed by atoms with van der Waals surface area (Å²) in [5, 5.41) is 1.62. The molecule has 5 nitrogen and oxygen atoms in total. The highest BCUT2D eigenvalue weighted by Gasteiger charge is 2.21. The maximum absolute atomic E-state index is 13.6. The summed E-state index contributed by atoms with van der Waals surface area (Å²) in [6.07, 6.45) is 3.68. The third kappa shape index (κ3) is 5.47. The zero-order chi connectivity index (χ0) is 24.6. The number of carbonyl (C=O) groups is 1. The molecule has 1 aromatic heterocycles. The third-order valence-corrected chi connectivity index (χ3v) is 5.68. The number of anilines is 1. The van der Waals surface area contributed by atoms with Gasteiger partial charge in [-0.3, -0.25) is 9.47 Å². The van der Waals surface area contributed by atoms with Crippen LogP contribution in [-0.2, 0) is 13.2 Å². The quantitative estimate of drug-likeness (QED) is 0.237. The van der Waals surface area contributed by atoms with E-state index in [1.54, 1.807) is 9.69 Å². The van der Waals surface area contributed by atoms with Crippen molar-refractivity contribution >= 4 is 11.6 Å². The lowest BCUT2D eigenvalue weighted by molar-refractivity contribution is 0.0976. The van der Waals surface area contributed by atoms with E-state index in [-0.39, 0.29) is 5.91 Å². The molecular weight excluding hydrogens is 448 g/mol. The van der Waals surface area contributed by atoms with Gasteiger partial charge in [0.2, 0.25) is 0 Å². The first-order valence-corrected chi connectivity index (χ1v) is 11.8. The van der Waals surface area contributed by atoms with Crippen LogP contribution in [0.25, 0.3) is 0 Å². The Hall–Kier alpha value is -4.77. The van der Waals surface area contributed by atoms with Crippen LogP contribution < -0.4 is 14.5 Å². The van der Waals surface area contributed by atoms with Gasteiger partial charge in [-0.15, -0.1) is 0 Å². The van der Waals surface area contributed by atoms with Crippen molar-refractivity contribution in [2.24, 2.45) is 0 Å². The predicted molar refractivity (Wildman–Crippen MR) is 141 cm³/mol. The molecule has 178 valence electrons. The number of rotatable bonds is 9. The van der Waals surface area contributed by atoms with Gasteiger partial charge in [0.25, 0.3) is 5.91 Å². The van der Waals surface area contributed by atoms with E-state index >= 15 is 0 Å². The Bertz CT molecular complexity index is 1390. The highest BCUT2D eigenvalue weighted by Crippen LogP contribution is 2.34. The fourth-order valence-electron chi connectivity index (χ4n) is 3.85. The van der Waals surface area contributed by atoms with Crippen LogP contribution in [0.1, 0.15) is 21.5 Å². The molecule has 0 N–H and O–H groups in total. The number of ether oxygens (including phenoxy) is 2. The van der Waals surface area contributed by atoms with E-state index in [4.69, 9.17) is 9.47 Å². The molecule has 0 bridgehead atoms. The van der Waals surface area contributed by atoms with Crippen LogP contribution in [0.15, 0.2) is 134 Å². The molecule has 0 aliphatic heterocycles. The largest absolute Gasteiger partial charge is 0.485 e. The summed E-state index contributed by atoms with van der Waals surface area (Å²) in [6, 6.07) is 38.5. The maximum Gasteiger partial charge on any atom is 0.277 e. The maximum atomic E-state index is 13.6. The molecule has 36 heavy (non-hydrogen) atoms. The number of amides is 1. The van der Waals surface area contributed by atoms with E-state index in [9.17, 15) is 4.79 Å². The van der Waals surface area contributed by atoms with Gasteiger partial charge in [-0.05, 0) is 47.5 Å². The minimum atomic E-state index is -0.154. The molecule has 5 heteroatoms. The molecule has 0 saturated carbocycles. The van der Waals surface area contributed by atoms with Crippen molar-refractivity contribution in [3.63, 3.8) is 0 Å². The molecule has 0 saturated heterocycles. The first-order chi connectivity index (χ1) is 17.8. The van der Waals surface area contributed by atoms with Crippen molar-refractivity contribution in [2.75, 3.05) is 5.01 Å². The van der Waals surface area contributed by atoms with E-state index in [1.807, 2.05) is 134 Å². The summed E-state index contributed by atoms with van der Waals surface area (Å²) >= 11 is 0. The number of aromatic nitrogens is 1. The standard InChI is InChI=1S/C31H26N2O3/c34-31(27-16-8-3-9-17-27)33(32-20-10-11-21-32)28-18-19-29(35-23-25-12-4-1-5-13-25)30(22-28)36-24-26-14-6-2-7-15-26/h1-22H,23-24H2. The molecule has 0 fully saturated rings. The van der Waals surface area contributed by atoms with Crippen LogP contribution in [0.5, 0.6) is 11.5 Å². The highest BCUT2D eigenvalue weighted by atomic mass is 16.5.